The SMILES string of the molecule is COc1cccc(NC2=C(c3ccc(NC(C)=O)cc3)C(=O)N(c3ccc(C#N)cc3)C2=O)c1. The summed E-state index contributed by atoms with van der Waals surface area (Å²) in [5.74, 6) is -0.662. The van der Waals surface area contributed by atoms with Crippen molar-refractivity contribution in [1.29, 1.82) is 5.26 Å². The number of hydrogen-bond acceptors (Lipinski definition) is 6. The summed E-state index contributed by atoms with van der Waals surface area (Å²) in [7, 11) is 1.54. The first kappa shape index (κ1) is 22.3. The lowest BCUT2D eigenvalue weighted by Crippen LogP contribution is -2.32. The summed E-state index contributed by atoms with van der Waals surface area (Å²) in [5, 5.41) is 14.8. The molecular weight excluding hydrogens is 432 g/mol. The quantitative estimate of drug-likeness (QED) is 0.549. The molecule has 1 heterocycles. The van der Waals surface area contributed by atoms with Gasteiger partial charge in [-0.05, 0) is 54.1 Å². The molecule has 0 saturated carbocycles. The van der Waals surface area contributed by atoms with Crippen LogP contribution in [0.2, 0.25) is 0 Å². The van der Waals surface area contributed by atoms with E-state index in [9.17, 15) is 14.4 Å². The fourth-order valence-electron chi connectivity index (χ4n) is 3.60. The van der Waals surface area contributed by atoms with Crippen molar-refractivity contribution in [3.63, 3.8) is 0 Å². The van der Waals surface area contributed by atoms with Crippen molar-refractivity contribution in [1.82, 2.24) is 0 Å². The second kappa shape index (κ2) is 9.30. The van der Waals surface area contributed by atoms with E-state index in [1.165, 1.54) is 14.0 Å². The van der Waals surface area contributed by atoms with E-state index in [0.717, 1.165) is 4.90 Å². The van der Waals surface area contributed by atoms with Crippen LogP contribution in [0.5, 0.6) is 5.75 Å². The molecule has 168 valence electrons. The molecule has 1 aliphatic heterocycles. The number of hydrogen-bond donors (Lipinski definition) is 2. The number of nitrogens with one attached hydrogen (secondary N) is 2. The Labute approximate surface area is 196 Å². The van der Waals surface area contributed by atoms with E-state index in [1.807, 2.05) is 6.07 Å². The number of benzene rings is 3. The maximum absolute atomic E-state index is 13.5. The average Bonchev–Trinajstić information content (AvgIpc) is 3.08. The largest absolute Gasteiger partial charge is 0.497 e. The lowest BCUT2D eigenvalue weighted by Gasteiger charge is -2.15. The lowest BCUT2D eigenvalue weighted by molar-refractivity contribution is -0.120. The Morgan fingerprint density at radius 3 is 2.26 bits per heavy atom. The smallest absolute Gasteiger partial charge is 0.282 e. The Morgan fingerprint density at radius 1 is 0.941 bits per heavy atom. The van der Waals surface area contributed by atoms with Crippen LogP contribution in [0.25, 0.3) is 5.57 Å². The summed E-state index contributed by atoms with van der Waals surface area (Å²) >= 11 is 0. The fraction of sp³-hybridized carbons (Fsp3) is 0.0769. The predicted octanol–water partition coefficient (Wildman–Crippen LogP) is 3.92. The van der Waals surface area contributed by atoms with E-state index in [1.54, 1.807) is 72.8 Å². The zero-order valence-electron chi connectivity index (χ0n) is 18.5. The molecule has 3 aromatic rings. The Morgan fingerprint density at radius 2 is 1.65 bits per heavy atom. The van der Waals surface area contributed by atoms with Gasteiger partial charge in [0.1, 0.15) is 11.4 Å². The molecule has 0 saturated heterocycles. The molecular formula is C26H20N4O4. The summed E-state index contributed by atoms with van der Waals surface area (Å²) in [6.45, 7) is 1.40. The van der Waals surface area contributed by atoms with Crippen molar-refractivity contribution in [3.05, 3.63) is 89.6 Å². The number of carbonyl (C=O) groups is 3. The molecule has 0 aromatic heterocycles. The first-order valence-electron chi connectivity index (χ1n) is 10.3. The number of amides is 3. The molecule has 0 aliphatic carbocycles. The van der Waals surface area contributed by atoms with Gasteiger partial charge in [-0.3, -0.25) is 14.4 Å². The minimum atomic E-state index is -0.529. The Hall–Kier alpha value is -4.90. The zero-order chi connectivity index (χ0) is 24.2. The van der Waals surface area contributed by atoms with Crippen molar-refractivity contribution >= 4 is 40.4 Å². The summed E-state index contributed by atoms with van der Waals surface area (Å²) < 4.78 is 5.26. The minimum Gasteiger partial charge on any atom is -0.497 e. The van der Waals surface area contributed by atoms with Gasteiger partial charge in [-0.1, -0.05) is 18.2 Å². The minimum absolute atomic E-state index is 0.106. The highest BCUT2D eigenvalue weighted by Gasteiger charge is 2.40. The monoisotopic (exact) mass is 452 g/mol. The Kier molecular flexibility index (Phi) is 6.10. The molecule has 0 bridgehead atoms. The molecule has 0 unspecified atom stereocenters. The summed E-state index contributed by atoms with van der Waals surface area (Å²) in [6, 6.07) is 21.9. The highest BCUT2D eigenvalue weighted by Crippen LogP contribution is 2.34. The third-order valence-corrected chi connectivity index (χ3v) is 5.17. The lowest BCUT2D eigenvalue weighted by atomic mass is 10.0. The van der Waals surface area contributed by atoms with Gasteiger partial charge >= 0.3 is 0 Å². The van der Waals surface area contributed by atoms with Crippen molar-refractivity contribution in [2.75, 3.05) is 22.6 Å². The molecule has 2 N–H and O–H groups in total. The molecule has 3 aromatic carbocycles. The Bertz CT molecular complexity index is 1350. The molecule has 0 atom stereocenters. The summed E-state index contributed by atoms with van der Waals surface area (Å²) in [6.07, 6.45) is 0. The molecule has 4 rings (SSSR count). The highest BCUT2D eigenvalue weighted by molar-refractivity contribution is 6.46. The highest BCUT2D eigenvalue weighted by atomic mass is 16.5. The van der Waals surface area contributed by atoms with Gasteiger partial charge in [0.15, 0.2) is 0 Å². The number of nitriles is 1. The van der Waals surface area contributed by atoms with Crippen LogP contribution in [-0.4, -0.2) is 24.8 Å². The van der Waals surface area contributed by atoms with Gasteiger partial charge in [-0.25, -0.2) is 4.90 Å². The van der Waals surface area contributed by atoms with E-state index >= 15 is 0 Å². The van der Waals surface area contributed by atoms with Gasteiger partial charge < -0.3 is 15.4 Å². The third-order valence-electron chi connectivity index (χ3n) is 5.17. The van der Waals surface area contributed by atoms with E-state index in [4.69, 9.17) is 10.00 Å². The van der Waals surface area contributed by atoms with Gasteiger partial charge in [0.05, 0.1) is 30.0 Å². The standard InChI is InChI=1S/C26H20N4O4/c1-16(31)28-19-10-8-18(9-11-19)23-24(29-20-4-3-5-22(14-20)34-2)26(33)30(25(23)32)21-12-6-17(15-27)7-13-21/h3-14,29H,1-2H3,(H,28,31). The van der Waals surface area contributed by atoms with Gasteiger partial charge in [-0.15, -0.1) is 0 Å². The number of nitrogens with zero attached hydrogens (tertiary/aromatic N) is 2. The van der Waals surface area contributed by atoms with E-state index in [0.29, 0.717) is 33.9 Å². The normalized spacial score (nSPS) is 13.0. The van der Waals surface area contributed by atoms with Crippen LogP contribution in [0.1, 0.15) is 18.1 Å². The van der Waals surface area contributed by atoms with Crippen LogP contribution >= 0.6 is 0 Å². The van der Waals surface area contributed by atoms with Crippen LogP contribution in [0.4, 0.5) is 17.1 Å². The molecule has 8 heteroatoms. The molecule has 0 spiro atoms. The zero-order valence-corrected chi connectivity index (χ0v) is 18.5. The van der Waals surface area contributed by atoms with Crippen LogP contribution in [-0.2, 0) is 14.4 Å². The number of anilines is 3. The van der Waals surface area contributed by atoms with Crippen molar-refractivity contribution in [2.45, 2.75) is 6.92 Å². The molecule has 3 amide bonds. The number of carbonyl (C=O) groups excluding carboxylic acids is 3. The average molecular weight is 452 g/mol. The van der Waals surface area contributed by atoms with Gasteiger partial charge in [0.25, 0.3) is 11.8 Å². The number of rotatable bonds is 6. The first-order valence-corrected chi connectivity index (χ1v) is 10.3. The number of imide groups is 1. The molecule has 0 radical (unpaired) electrons. The van der Waals surface area contributed by atoms with E-state index in [-0.39, 0.29) is 17.2 Å². The molecule has 8 nitrogen and oxygen atoms in total. The second-order valence-corrected chi connectivity index (χ2v) is 7.47. The predicted molar refractivity (Wildman–Crippen MR) is 128 cm³/mol. The third kappa shape index (κ3) is 4.36. The van der Waals surface area contributed by atoms with Crippen molar-refractivity contribution in [3.8, 4) is 11.8 Å². The van der Waals surface area contributed by atoms with Crippen LogP contribution in [0, 0.1) is 11.3 Å². The molecule has 0 fully saturated rings. The van der Waals surface area contributed by atoms with Gasteiger partial charge in [0, 0.05) is 24.4 Å². The first-order chi connectivity index (χ1) is 16.4. The van der Waals surface area contributed by atoms with Crippen LogP contribution in [0.3, 0.4) is 0 Å². The van der Waals surface area contributed by atoms with Gasteiger partial charge in [-0.2, -0.15) is 5.26 Å². The maximum Gasteiger partial charge on any atom is 0.282 e. The summed E-state index contributed by atoms with van der Waals surface area (Å²) in [4.78, 5) is 39.4. The van der Waals surface area contributed by atoms with Crippen LogP contribution < -0.4 is 20.3 Å². The Balaban J connectivity index is 1.78. The second-order valence-electron chi connectivity index (χ2n) is 7.47. The van der Waals surface area contributed by atoms with Crippen molar-refractivity contribution in [2.24, 2.45) is 0 Å². The maximum atomic E-state index is 13.5. The van der Waals surface area contributed by atoms with Gasteiger partial charge in [0.2, 0.25) is 5.91 Å². The number of ether oxygens (including phenoxy) is 1. The summed E-state index contributed by atoms with van der Waals surface area (Å²) in [5.41, 5.74) is 2.71. The molecule has 34 heavy (non-hydrogen) atoms. The topological polar surface area (TPSA) is 112 Å². The number of methoxy groups -OCH3 is 1. The van der Waals surface area contributed by atoms with E-state index < -0.39 is 11.8 Å². The molecule has 1 aliphatic rings. The van der Waals surface area contributed by atoms with E-state index in [2.05, 4.69) is 10.6 Å². The fourth-order valence-corrected chi connectivity index (χ4v) is 3.60. The van der Waals surface area contributed by atoms with Crippen molar-refractivity contribution < 1.29 is 19.1 Å². The van der Waals surface area contributed by atoms with Crippen LogP contribution in [0.15, 0.2) is 78.5 Å².